The van der Waals surface area contributed by atoms with E-state index in [0.29, 0.717) is 10.5 Å². The summed E-state index contributed by atoms with van der Waals surface area (Å²) in [5, 5.41) is 8.93. The number of imidazole rings is 1. The number of carboxylic acid groups (broad SMARTS) is 1. The van der Waals surface area contributed by atoms with Crippen LogP contribution in [0.5, 0.6) is 0 Å². The van der Waals surface area contributed by atoms with Gasteiger partial charge in [0.25, 0.3) is 0 Å². The van der Waals surface area contributed by atoms with Crippen LogP contribution in [0.15, 0.2) is 24.5 Å². The van der Waals surface area contributed by atoms with E-state index in [2.05, 4.69) is 15.0 Å². The van der Waals surface area contributed by atoms with Crippen LogP contribution >= 0.6 is 12.2 Å². The van der Waals surface area contributed by atoms with Crippen molar-refractivity contribution in [2.24, 2.45) is 0 Å². The average molecular weight is 221 g/mol. The molecule has 0 aromatic carbocycles. The number of pyridine rings is 1. The van der Waals surface area contributed by atoms with Crippen molar-refractivity contribution in [3.63, 3.8) is 0 Å². The normalized spacial score (nSPS) is 10.1. The van der Waals surface area contributed by atoms with E-state index < -0.39 is 5.97 Å². The van der Waals surface area contributed by atoms with Crippen LogP contribution in [0.25, 0.3) is 11.3 Å². The summed E-state index contributed by atoms with van der Waals surface area (Å²) in [5.41, 5.74) is 1.26. The second-order valence-electron chi connectivity index (χ2n) is 2.87. The molecule has 0 fully saturated rings. The maximum Gasteiger partial charge on any atom is 0.354 e. The van der Waals surface area contributed by atoms with Crippen molar-refractivity contribution in [2.75, 3.05) is 0 Å². The first kappa shape index (κ1) is 9.60. The number of aromatic carboxylic acids is 1. The lowest BCUT2D eigenvalue weighted by Gasteiger charge is -1.97. The van der Waals surface area contributed by atoms with Gasteiger partial charge in [-0.3, -0.25) is 4.98 Å². The molecule has 0 atom stereocenters. The van der Waals surface area contributed by atoms with Crippen molar-refractivity contribution >= 4 is 18.2 Å². The van der Waals surface area contributed by atoms with Gasteiger partial charge in [0.2, 0.25) is 0 Å². The zero-order valence-corrected chi connectivity index (χ0v) is 8.34. The molecule has 0 unspecified atom stereocenters. The Balaban J connectivity index is 2.63. The fraction of sp³-hybridized carbons (Fsp3) is 0. The highest BCUT2D eigenvalue weighted by molar-refractivity contribution is 7.71. The molecule has 5 nitrogen and oxygen atoms in total. The van der Waals surface area contributed by atoms with Crippen molar-refractivity contribution < 1.29 is 9.90 Å². The number of carboxylic acids is 1. The second kappa shape index (κ2) is 3.66. The van der Waals surface area contributed by atoms with Gasteiger partial charge < -0.3 is 15.1 Å². The summed E-state index contributed by atoms with van der Waals surface area (Å²) in [5.74, 6) is -1.05. The third-order valence-corrected chi connectivity index (χ3v) is 2.11. The number of H-pyrrole nitrogens is 2. The van der Waals surface area contributed by atoms with Gasteiger partial charge in [0.05, 0.1) is 5.69 Å². The Hall–Kier alpha value is -1.95. The molecule has 0 aliphatic rings. The second-order valence-corrected chi connectivity index (χ2v) is 3.28. The van der Waals surface area contributed by atoms with E-state index in [1.807, 2.05) is 0 Å². The number of carbonyl (C=O) groups is 1. The van der Waals surface area contributed by atoms with Crippen molar-refractivity contribution in [1.82, 2.24) is 15.0 Å². The number of hydrogen-bond acceptors (Lipinski definition) is 3. The Morgan fingerprint density at radius 1 is 1.33 bits per heavy atom. The summed E-state index contributed by atoms with van der Waals surface area (Å²) >= 11 is 4.85. The fourth-order valence-corrected chi connectivity index (χ4v) is 1.48. The van der Waals surface area contributed by atoms with Crippen molar-refractivity contribution in [3.8, 4) is 11.3 Å². The van der Waals surface area contributed by atoms with Gasteiger partial charge in [0, 0.05) is 18.0 Å². The standard InChI is InChI=1S/C9H7N3O2S/c13-8(14)7-6(11-9(15)12-7)5-1-3-10-4-2-5/h1-4H,(H,13,14)(H2,11,12,15). The molecule has 2 rings (SSSR count). The van der Waals surface area contributed by atoms with Crippen LogP contribution in [0.2, 0.25) is 0 Å². The number of rotatable bonds is 2. The molecular formula is C9H7N3O2S. The Labute approximate surface area is 89.8 Å². The summed E-state index contributed by atoms with van der Waals surface area (Å²) < 4.78 is 0.291. The lowest BCUT2D eigenvalue weighted by atomic mass is 10.1. The zero-order chi connectivity index (χ0) is 10.8. The van der Waals surface area contributed by atoms with E-state index in [4.69, 9.17) is 17.3 Å². The largest absolute Gasteiger partial charge is 0.477 e. The van der Waals surface area contributed by atoms with Crippen LogP contribution in [0, 0.1) is 4.77 Å². The monoisotopic (exact) mass is 221 g/mol. The number of nitrogens with one attached hydrogen (secondary N) is 2. The quantitative estimate of drug-likeness (QED) is 0.676. The number of hydrogen-bond donors (Lipinski definition) is 3. The Kier molecular flexibility index (Phi) is 2.34. The van der Waals surface area contributed by atoms with Gasteiger partial charge in [0.1, 0.15) is 0 Å². The van der Waals surface area contributed by atoms with Crippen molar-refractivity contribution in [3.05, 3.63) is 35.0 Å². The SMILES string of the molecule is O=C(O)c1[nH]c(=S)[nH]c1-c1ccncc1. The number of aromatic nitrogens is 3. The summed E-state index contributed by atoms with van der Waals surface area (Å²) in [6.45, 7) is 0. The maximum absolute atomic E-state index is 10.9. The van der Waals surface area contributed by atoms with E-state index in [0.717, 1.165) is 5.56 Å². The molecule has 2 aromatic rings. The third kappa shape index (κ3) is 1.79. The van der Waals surface area contributed by atoms with Gasteiger partial charge >= 0.3 is 5.97 Å². The molecule has 0 amide bonds. The topological polar surface area (TPSA) is 81.8 Å². The number of nitrogens with zero attached hydrogens (tertiary/aromatic N) is 1. The summed E-state index contributed by atoms with van der Waals surface area (Å²) in [6.07, 6.45) is 3.18. The molecule has 0 bridgehead atoms. The Morgan fingerprint density at radius 3 is 2.60 bits per heavy atom. The lowest BCUT2D eigenvalue weighted by Crippen LogP contribution is -1.99. The Morgan fingerprint density at radius 2 is 2.00 bits per heavy atom. The van der Waals surface area contributed by atoms with Crippen LogP contribution in [0.4, 0.5) is 0 Å². The van der Waals surface area contributed by atoms with E-state index in [1.54, 1.807) is 24.5 Å². The molecule has 0 radical (unpaired) electrons. The smallest absolute Gasteiger partial charge is 0.354 e. The predicted molar refractivity (Wildman–Crippen MR) is 56.2 cm³/mol. The van der Waals surface area contributed by atoms with Gasteiger partial charge in [0.15, 0.2) is 10.5 Å². The van der Waals surface area contributed by atoms with Gasteiger partial charge in [-0.05, 0) is 24.4 Å². The maximum atomic E-state index is 10.9. The minimum Gasteiger partial charge on any atom is -0.477 e. The molecular weight excluding hydrogens is 214 g/mol. The van der Waals surface area contributed by atoms with Gasteiger partial charge in [-0.1, -0.05) is 0 Å². The minimum atomic E-state index is -1.05. The van der Waals surface area contributed by atoms with E-state index in [9.17, 15) is 4.79 Å². The van der Waals surface area contributed by atoms with E-state index in [1.165, 1.54) is 0 Å². The molecule has 15 heavy (non-hydrogen) atoms. The van der Waals surface area contributed by atoms with E-state index >= 15 is 0 Å². The highest BCUT2D eigenvalue weighted by Crippen LogP contribution is 2.19. The molecule has 0 spiro atoms. The fourth-order valence-electron chi connectivity index (χ4n) is 1.28. The van der Waals surface area contributed by atoms with Crippen LogP contribution in [-0.4, -0.2) is 26.0 Å². The van der Waals surface area contributed by atoms with Crippen molar-refractivity contribution in [1.29, 1.82) is 0 Å². The van der Waals surface area contributed by atoms with Crippen LogP contribution in [0.3, 0.4) is 0 Å². The van der Waals surface area contributed by atoms with Gasteiger partial charge in [-0.2, -0.15) is 0 Å². The summed E-state index contributed by atoms with van der Waals surface area (Å²) in [7, 11) is 0. The van der Waals surface area contributed by atoms with Crippen LogP contribution < -0.4 is 0 Å². The third-order valence-electron chi connectivity index (χ3n) is 1.91. The zero-order valence-electron chi connectivity index (χ0n) is 7.52. The van der Waals surface area contributed by atoms with Crippen LogP contribution in [0.1, 0.15) is 10.5 Å². The first-order valence-corrected chi connectivity index (χ1v) is 4.55. The van der Waals surface area contributed by atoms with E-state index in [-0.39, 0.29) is 5.69 Å². The molecule has 0 aliphatic heterocycles. The molecule has 0 saturated carbocycles. The molecule has 2 aromatic heterocycles. The highest BCUT2D eigenvalue weighted by Gasteiger charge is 2.13. The summed E-state index contributed by atoms with van der Waals surface area (Å²) in [4.78, 5) is 20.1. The molecule has 76 valence electrons. The molecule has 0 saturated heterocycles. The number of aromatic amines is 2. The first-order chi connectivity index (χ1) is 7.18. The Bertz CT molecular complexity index is 544. The van der Waals surface area contributed by atoms with Crippen LogP contribution in [-0.2, 0) is 0 Å². The molecule has 0 aliphatic carbocycles. The molecule has 2 heterocycles. The summed E-state index contributed by atoms with van der Waals surface area (Å²) in [6, 6.07) is 3.42. The predicted octanol–water partition coefficient (Wildman–Crippen LogP) is 1.83. The minimum absolute atomic E-state index is 0.0613. The van der Waals surface area contributed by atoms with Gasteiger partial charge in [-0.15, -0.1) is 0 Å². The lowest BCUT2D eigenvalue weighted by molar-refractivity contribution is 0.0692. The molecule has 6 heteroatoms. The van der Waals surface area contributed by atoms with Crippen molar-refractivity contribution in [2.45, 2.75) is 0 Å². The first-order valence-electron chi connectivity index (χ1n) is 4.14. The molecule has 3 N–H and O–H groups in total. The highest BCUT2D eigenvalue weighted by atomic mass is 32.1. The van der Waals surface area contributed by atoms with Gasteiger partial charge in [-0.25, -0.2) is 4.79 Å². The average Bonchev–Trinajstić information content (AvgIpc) is 2.62.